The zero-order valence-electron chi connectivity index (χ0n) is 13.0. The molecule has 2 fully saturated rings. The minimum Gasteiger partial charge on any atom is -0.381 e. The molecule has 4 unspecified atom stereocenters. The molecule has 0 N–H and O–H groups in total. The first-order chi connectivity index (χ1) is 9.76. The highest BCUT2D eigenvalue weighted by atomic mass is 16.5. The van der Waals surface area contributed by atoms with Crippen molar-refractivity contribution in [3.8, 4) is 0 Å². The Morgan fingerprint density at radius 1 is 1.25 bits per heavy atom. The van der Waals surface area contributed by atoms with E-state index in [2.05, 4.69) is 13.5 Å². The minimum atomic E-state index is 0.129. The van der Waals surface area contributed by atoms with E-state index >= 15 is 0 Å². The van der Waals surface area contributed by atoms with Crippen LogP contribution in [0.15, 0.2) is 12.7 Å². The van der Waals surface area contributed by atoms with Crippen LogP contribution in [0.25, 0.3) is 0 Å². The van der Waals surface area contributed by atoms with Gasteiger partial charge in [0.25, 0.3) is 0 Å². The first-order valence-electron chi connectivity index (χ1n) is 8.49. The largest absolute Gasteiger partial charge is 0.381 e. The zero-order valence-corrected chi connectivity index (χ0v) is 13.0. The predicted molar refractivity (Wildman–Crippen MR) is 82.6 cm³/mol. The Morgan fingerprint density at radius 3 is 2.70 bits per heavy atom. The lowest BCUT2D eigenvalue weighted by Gasteiger charge is -2.18. The van der Waals surface area contributed by atoms with Gasteiger partial charge in [-0.15, -0.1) is 0 Å². The molecule has 0 aromatic carbocycles. The van der Waals surface area contributed by atoms with Crippen LogP contribution in [0.3, 0.4) is 0 Å². The third kappa shape index (κ3) is 3.94. The second-order valence-corrected chi connectivity index (χ2v) is 6.60. The van der Waals surface area contributed by atoms with Crippen molar-refractivity contribution < 1.29 is 9.53 Å². The highest BCUT2D eigenvalue weighted by Crippen LogP contribution is 2.52. The molecule has 2 aliphatic carbocycles. The average molecular weight is 278 g/mol. The summed E-state index contributed by atoms with van der Waals surface area (Å²) >= 11 is 0. The van der Waals surface area contributed by atoms with E-state index in [9.17, 15) is 4.79 Å². The predicted octanol–water partition coefficient (Wildman–Crippen LogP) is 4.39. The molecule has 0 spiro atoms. The molecule has 2 rings (SSSR count). The van der Waals surface area contributed by atoms with Gasteiger partial charge in [0.1, 0.15) is 0 Å². The van der Waals surface area contributed by atoms with E-state index in [0.29, 0.717) is 6.42 Å². The molecule has 0 saturated heterocycles. The van der Waals surface area contributed by atoms with Gasteiger partial charge in [0, 0.05) is 19.6 Å². The summed E-state index contributed by atoms with van der Waals surface area (Å²) in [4.78, 5) is 11.1. The second-order valence-electron chi connectivity index (χ2n) is 6.60. The minimum absolute atomic E-state index is 0.129. The highest BCUT2D eigenvalue weighted by Gasteiger charge is 2.43. The van der Waals surface area contributed by atoms with Crippen LogP contribution in [0.4, 0.5) is 0 Å². The summed E-state index contributed by atoms with van der Waals surface area (Å²) in [5.41, 5.74) is 0. The zero-order chi connectivity index (χ0) is 14.4. The molecule has 0 aliphatic heterocycles. The van der Waals surface area contributed by atoms with Crippen LogP contribution in [-0.2, 0) is 9.53 Å². The van der Waals surface area contributed by atoms with E-state index in [-0.39, 0.29) is 5.78 Å². The molecule has 0 radical (unpaired) electrons. The molecule has 0 heterocycles. The Balaban J connectivity index is 1.60. The third-order valence-electron chi connectivity index (χ3n) is 5.54. The molecule has 114 valence electrons. The average Bonchev–Trinajstić information content (AvgIpc) is 3.05. The molecule has 2 saturated carbocycles. The van der Waals surface area contributed by atoms with Crippen LogP contribution in [0, 0.1) is 23.7 Å². The van der Waals surface area contributed by atoms with Crippen LogP contribution >= 0.6 is 0 Å². The summed E-state index contributed by atoms with van der Waals surface area (Å²) in [6.07, 6.45) is 11.2. The normalized spacial score (nSPS) is 32.2. The van der Waals surface area contributed by atoms with Gasteiger partial charge in [-0.2, -0.15) is 0 Å². The van der Waals surface area contributed by atoms with Gasteiger partial charge in [0.05, 0.1) is 0 Å². The SMILES string of the molecule is C=CC(=O)CCCOCCC1CC(CC)C2CCCC12. The molecule has 0 amide bonds. The monoisotopic (exact) mass is 278 g/mol. The quantitative estimate of drug-likeness (QED) is 0.462. The van der Waals surface area contributed by atoms with Gasteiger partial charge in [-0.05, 0) is 61.9 Å². The smallest absolute Gasteiger partial charge is 0.155 e. The topological polar surface area (TPSA) is 26.3 Å². The van der Waals surface area contributed by atoms with Gasteiger partial charge in [0.15, 0.2) is 5.78 Å². The van der Waals surface area contributed by atoms with E-state index in [0.717, 1.165) is 43.3 Å². The molecule has 20 heavy (non-hydrogen) atoms. The number of allylic oxidation sites excluding steroid dienone is 1. The lowest BCUT2D eigenvalue weighted by Crippen LogP contribution is -2.13. The first-order valence-corrected chi connectivity index (χ1v) is 8.49. The fourth-order valence-corrected chi connectivity index (χ4v) is 4.52. The van der Waals surface area contributed by atoms with Gasteiger partial charge in [0.2, 0.25) is 0 Å². The molecule has 2 nitrogen and oxygen atoms in total. The fraction of sp³-hybridized carbons (Fsp3) is 0.833. The highest BCUT2D eigenvalue weighted by molar-refractivity contribution is 5.88. The van der Waals surface area contributed by atoms with Crippen molar-refractivity contribution in [2.45, 2.75) is 58.3 Å². The van der Waals surface area contributed by atoms with Crippen molar-refractivity contribution >= 4 is 5.78 Å². The van der Waals surface area contributed by atoms with Crippen LogP contribution in [-0.4, -0.2) is 19.0 Å². The summed E-state index contributed by atoms with van der Waals surface area (Å²) in [7, 11) is 0. The maximum atomic E-state index is 11.1. The van der Waals surface area contributed by atoms with Gasteiger partial charge in [-0.25, -0.2) is 0 Å². The third-order valence-corrected chi connectivity index (χ3v) is 5.54. The molecular formula is C18H30O2. The van der Waals surface area contributed by atoms with E-state index in [1.807, 2.05) is 0 Å². The lowest BCUT2D eigenvalue weighted by molar-refractivity contribution is -0.114. The Labute approximate surface area is 124 Å². The summed E-state index contributed by atoms with van der Waals surface area (Å²) in [6, 6.07) is 0. The van der Waals surface area contributed by atoms with Crippen LogP contribution in [0.2, 0.25) is 0 Å². The number of ether oxygens (including phenoxy) is 1. The van der Waals surface area contributed by atoms with Crippen molar-refractivity contribution in [1.29, 1.82) is 0 Å². The van der Waals surface area contributed by atoms with Crippen LogP contribution < -0.4 is 0 Å². The molecule has 0 aromatic heterocycles. The number of carbonyl (C=O) groups excluding carboxylic acids is 1. The summed E-state index contributed by atoms with van der Waals surface area (Å²) in [5.74, 6) is 4.03. The summed E-state index contributed by atoms with van der Waals surface area (Å²) in [6.45, 7) is 7.44. The van der Waals surface area contributed by atoms with Gasteiger partial charge >= 0.3 is 0 Å². The molecule has 0 bridgehead atoms. The van der Waals surface area contributed by atoms with E-state index in [4.69, 9.17) is 4.74 Å². The Hall–Kier alpha value is -0.630. The number of rotatable bonds is 9. The summed E-state index contributed by atoms with van der Waals surface area (Å²) < 4.78 is 5.72. The maximum absolute atomic E-state index is 11.1. The van der Waals surface area contributed by atoms with E-state index in [1.54, 1.807) is 0 Å². The number of carbonyl (C=O) groups is 1. The van der Waals surface area contributed by atoms with Gasteiger partial charge in [-0.3, -0.25) is 4.79 Å². The fourth-order valence-electron chi connectivity index (χ4n) is 4.52. The number of ketones is 1. The summed E-state index contributed by atoms with van der Waals surface area (Å²) in [5, 5.41) is 0. The number of fused-ring (bicyclic) bond motifs is 1. The second kappa shape index (κ2) is 7.97. The maximum Gasteiger partial charge on any atom is 0.155 e. The van der Waals surface area contributed by atoms with E-state index < -0.39 is 0 Å². The van der Waals surface area contributed by atoms with Crippen molar-refractivity contribution in [1.82, 2.24) is 0 Å². The van der Waals surface area contributed by atoms with Crippen molar-refractivity contribution in [2.24, 2.45) is 23.7 Å². The molecule has 2 aliphatic rings. The van der Waals surface area contributed by atoms with E-state index in [1.165, 1.54) is 44.6 Å². The van der Waals surface area contributed by atoms with Crippen molar-refractivity contribution in [3.05, 3.63) is 12.7 Å². The molecular weight excluding hydrogens is 248 g/mol. The van der Waals surface area contributed by atoms with Crippen molar-refractivity contribution in [2.75, 3.05) is 13.2 Å². The molecule has 0 aromatic rings. The first kappa shape index (κ1) is 15.8. The van der Waals surface area contributed by atoms with Crippen molar-refractivity contribution in [3.63, 3.8) is 0 Å². The van der Waals surface area contributed by atoms with Gasteiger partial charge < -0.3 is 4.74 Å². The molecule has 4 atom stereocenters. The van der Waals surface area contributed by atoms with Gasteiger partial charge in [-0.1, -0.05) is 26.3 Å². The lowest BCUT2D eigenvalue weighted by atomic mass is 9.88. The van der Waals surface area contributed by atoms with Crippen LogP contribution in [0.5, 0.6) is 0 Å². The number of hydrogen-bond donors (Lipinski definition) is 0. The Morgan fingerprint density at radius 2 is 2.00 bits per heavy atom. The Bertz CT molecular complexity index is 323. The Kier molecular flexibility index (Phi) is 6.28. The standard InChI is InChI=1S/C18H30O2/c1-3-14-13-15(18-9-5-8-17(14)18)10-12-20-11-6-7-16(19)4-2/h4,14-15,17-18H,2-3,5-13H2,1H3. The van der Waals surface area contributed by atoms with Crippen LogP contribution in [0.1, 0.15) is 58.3 Å². The molecule has 2 heteroatoms. The number of hydrogen-bond acceptors (Lipinski definition) is 2.